The Morgan fingerprint density at radius 2 is 1.97 bits per heavy atom. The number of hydrogen-bond acceptors (Lipinski definition) is 9. The van der Waals surface area contributed by atoms with Gasteiger partial charge in [-0.1, -0.05) is 6.42 Å². The third kappa shape index (κ3) is 4.59. The minimum absolute atomic E-state index is 0.00378. The van der Waals surface area contributed by atoms with E-state index in [1.165, 1.54) is 12.4 Å². The summed E-state index contributed by atoms with van der Waals surface area (Å²) < 4.78 is 12.2. The average molecular weight is 447 g/mol. The van der Waals surface area contributed by atoms with E-state index in [9.17, 15) is 0 Å². The molecule has 0 amide bonds. The average Bonchev–Trinajstić information content (AvgIpc) is 3.60. The molecule has 170 valence electrons. The zero-order valence-electron chi connectivity index (χ0n) is 18.4. The Morgan fingerprint density at radius 1 is 1.12 bits per heavy atom. The van der Waals surface area contributed by atoms with E-state index >= 15 is 0 Å². The van der Waals surface area contributed by atoms with E-state index in [-0.39, 0.29) is 17.8 Å². The maximum absolute atomic E-state index is 8.89. The van der Waals surface area contributed by atoms with Crippen molar-refractivity contribution in [2.75, 3.05) is 12.4 Å². The van der Waals surface area contributed by atoms with Crippen LogP contribution in [0.3, 0.4) is 0 Å². The summed E-state index contributed by atoms with van der Waals surface area (Å²) in [5, 5.41) is 19.4. The van der Waals surface area contributed by atoms with Crippen molar-refractivity contribution in [3.05, 3.63) is 35.9 Å². The molecule has 0 radical (unpaired) electrons. The molecule has 3 heterocycles. The number of aromatic amines is 1. The summed E-state index contributed by atoms with van der Waals surface area (Å²) >= 11 is 0. The highest BCUT2D eigenvalue weighted by Gasteiger charge is 2.31. The third-order valence-electron chi connectivity index (χ3n) is 6.06. The topological polar surface area (TPSA) is 148 Å². The first-order valence-electron chi connectivity index (χ1n) is 11.2. The molecule has 2 atom stereocenters. The van der Waals surface area contributed by atoms with Gasteiger partial charge in [-0.25, -0.2) is 15.0 Å². The first kappa shape index (κ1) is 21.2. The van der Waals surface area contributed by atoms with E-state index in [0.29, 0.717) is 40.4 Å². The van der Waals surface area contributed by atoms with Crippen molar-refractivity contribution in [1.29, 1.82) is 5.26 Å². The molecule has 2 aliphatic rings. The van der Waals surface area contributed by atoms with E-state index in [0.717, 1.165) is 44.2 Å². The summed E-state index contributed by atoms with van der Waals surface area (Å²) in [5.41, 5.74) is 9.02. The van der Waals surface area contributed by atoms with Gasteiger partial charge in [0.2, 0.25) is 5.88 Å². The van der Waals surface area contributed by atoms with Crippen molar-refractivity contribution >= 4 is 11.6 Å². The van der Waals surface area contributed by atoms with Crippen molar-refractivity contribution in [2.24, 2.45) is 5.73 Å². The van der Waals surface area contributed by atoms with Gasteiger partial charge >= 0.3 is 0 Å². The first-order chi connectivity index (χ1) is 16.1. The summed E-state index contributed by atoms with van der Waals surface area (Å²) in [6.45, 7) is 0. The van der Waals surface area contributed by atoms with Crippen LogP contribution in [0.1, 0.15) is 55.8 Å². The van der Waals surface area contributed by atoms with Crippen LogP contribution in [0.5, 0.6) is 11.6 Å². The predicted octanol–water partition coefficient (Wildman–Crippen LogP) is 3.41. The molecule has 3 aromatic heterocycles. The molecule has 33 heavy (non-hydrogen) atoms. The summed E-state index contributed by atoms with van der Waals surface area (Å²) in [6.07, 6.45) is 9.22. The third-order valence-corrected chi connectivity index (χ3v) is 6.06. The lowest BCUT2D eigenvalue weighted by Crippen LogP contribution is -2.41. The summed E-state index contributed by atoms with van der Waals surface area (Å²) in [6, 6.07) is 5.81. The number of H-pyrrole nitrogens is 1. The standard InChI is InChI=1S/C23H26N8O2/c1-32-23-22(17-9-20(31-30-17)29-21-12-26-14(10-24)11-27-21)19(8-16(28-23)13-6-7-13)33-18-5-3-2-4-15(18)25/h8-9,11-13,15,18H,2-7,25H2,1H3,(H2,27,29,30,31)/t15-,18+/m0/s1. The normalized spacial score (nSPS) is 20.2. The number of aromatic nitrogens is 5. The predicted molar refractivity (Wildman–Crippen MR) is 121 cm³/mol. The number of ether oxygens (including phenoxy) is 2. The van der Waals surface area contributed by atoms with Gasteiger partial charge in [-0.2, -0.15) is 10.4 Å². The molecule has 2 fully saturated rings. The number of pyridine rings is 1. The van der Waals surface area contributed by atoms with Crippen molar-refractivity contribution < 1.29 is 9.47 Å². The van der Waals surface area contributed by atoms with Crippen LogP contribution in [0.2, 0.25) is 0 Å². The molecule has 0 saturated heterocycles. The Balaban J connectivity index is 1.47. The second kappa shape index (κ2) is 9.03. The first-order valence-corrected chi connectivity index (χ1v) is 11.2. The Hall–Kier alpha value is -3.71. The van der Waals surface area contributed by atoms with Crippen molar-refractivity contribution in [1.82, 2.24) is 25.1 Å². The van der Waals surface area contributed by atoms with Gasteiger partial charge in [0.05, 0.1) is 30.9 Å². The van der Waals surface area contributed by atoms with Crippen LogP contribution in [0.4, 0.5) is 11.6 Å². The minimum atomic E-state index is -0.0499. The van der Waals surface area contributed by atoms with Crippen LogP contribution in [-0.4, -0.2) is 44.4 Å². The van der Waals surface area contributed by atoms with Gasteiger partial charge in [-0.05, 0) is 32.1 Å². The van der Waals surface area contributed by atoms with Crippen molar-refractivity contribution in [3.63, 3.8) is 0 Å². The molecule has 0 bridgehead atoms. The number of nitrogens with two attached hydrogens (primary N) is 1. The second-order valence-corrected chi connectivity index (χ2v) is 8.50. The number of methoxy groups -OCH3 is 1. The van der Waals surface area contributed by atoms with Gasteiger partial charge in [0.25, 0.3) is 0 Å². The highest BCUT2D eigenvalue weighted by Crippen LogP contribution is 2.45. The Labute approximate surface area is 191 Å². The van der Waals surface area contributed by atoms with E-state index in [4.69, 9.17) is 25.5 Å². The largest absolute Gasteiger partial charge is 0.488 e. The molecule has 0 spiro atoms. The van der Waals surface area contributed by atoms with E-state index in [1.807, 2.05) is 18.2 Å². The summed E-state index contributed by atoms with van der Waals surface area (Å²) in [7, 11) is 1.61. The van der Waals surface area contributed by atoms with Crippen LogP contribution in [0.15, 0.2) is 24.5 Å². The van der Waals surface area contributed by atoms with E-state index in [1.54, 1.807) is 7.11 Å². The molecule has 0 unspecified atom stereocenters. The number of hydrogen-bond donors (Lipinski definition) is 3. The lowest BCUT2D eigenvalue weighted by Gasteiger charge is -2.30. The fraction of sp³-hybridized carbons (Fsp3) is 0.435. The maximum Gasteiger partial charge on any atom is 0.226 e. The maximum atomic E-state index is 8.89. The molecule has 0 aliphatic heterocycles. The fourth-order valence-electron chi connectivity index (χ4n) is 4.12. The number of nitrogens with one attached hydrogen (secondary N) is 2. The molecular formula is C23H26N8O2. The van der Waals surface area contributed by atoms with Crippen LogP contribution < -0.4 is 20.5 Å². The minimum Gasteiger partial charge on any atom is -0.488 e. The molecule has 10 nitrogen and oxygen atoms in total. The number of nitrogens with zero attached hydrogens (tertiary/aromatic N) is 5. The number of anilines is 2. The zero-order chi connectivity index (χ0) is 22.8. The van der Waals surface area contributed by atoms with Gasteiger partial charge in [-0.15, -0.1) is 0 Å². The molecule has 5 rings (SSSR count). The lowest BCUT2D eigenvalue weighted by molar-refractivity contribution is 0.132. The molecular weight excluding hydrogens is 420 g/mol. The quantitative estimate of drug-likeness (QED) is 0.496. The zero-order valence-corrected chi connectivity index (χ0v) is 18.4. The molecule has 10 heteroatoms. The number of rotatable bonds is 7. The summed E-state index contributed by atoms with van der Waals surface area (Å²) in [5.74, 6) is 2.67. The van der Waals surface area contributed by atoms with Crippen LogP contribution >= 0.6 is 0 Å². The van der Waals surface area contributed by atoms with Crippen LogP contribution in [0, 0.1) is 11.3 Å². The van der Waals surface area contributed by atoms with E-state index < -0.39 is 0 Å². The molecule has 0 aromatic carbocycles. The Kier molecular flexibility index (Phi) is 5.79. The monoisotopic (exact) mass is 446 g/mol. The van der Waals surface area contributed by atoms with Gasteiger partial charge in [0.1, 0.15) is 29.3 Å². The lowest BCUT2D eigenvalue weighted by atomic mass is 9.93. The van der Waals surface area contributed by atoms with Crippen LogP contribution in [-0.2, 0) is 0 Å². The Bertz CT molecular complexity index is 1170. The number of nitriles is 1. The van der Waals surface area contributed by atoms with Crippen molar-refractivity contribution in [2.45, 2.75) is 56.6 Å². The second-order valence-electron chi connectivity index (χ2n) is 8.50. The van der Waals surface area contributed by atoms with Gasteiger partial charge in [0, 0.05) is 24.1 Å². The summed E-state index contributed by atoms with van der Waals surface area (Å²) in [4.78, 5) is 13.0. The molecule has 2 aliphatic carbocycles. The van der Waals surface area contributed by atoms with Crippen molar-refractivity contribution in [3.8, 4) is 29.0 Å². The van der Waals surface area contributed by atoms with E-state index in [2.05, 4.69) is 25.5 Å². The van der Waals surface area contributed by atoms with Gasteiger partial charge < -0.3 is 20.5 Å². The highest BCUT2D eigenvalue weighted by molar-refractivity contribution is 5.75. The molecule has 4 N–H and O–H groups in total. The van der Waals surface area contributed by atoms with Gasteiger partial charge in [0.15, 0.2) is 11.5 Å². The Morgan fingerprint density at radius 3 is 2.67 bits per heavy atom. The SMILES string of the molecule is COc1nc(C2CC2)cc(O[C@@H]2CCCC[C@@H]2N)c1-c1cc(Nc2cnc(C#N)cn2)n[nH]1. The van der Waals surface area contributed by atoms with Crippen LogP contribution in [0.25, 0.3) is 11.3 Å². The molecule has 3 aromatic rings. The molecule has 2 saturated carbocycles. The highest BCUT2D eigenvalue weighted by atomic mass is 16.5. The fourth-order valence-corrected chi connectivity index (χ4v) is 4.12. The smallest absolute Gasteiger partial charge is 0.226 e. The van der Waals surface area contributed by atoms with Gasteiger partial charge in [-0.3, -0.25) is 5.10 Å².